The second kappa shape index (κ2) is 4.56. The smallest absolute Gasteiger partial charge is 0.0377 e. The summed E-state index contributed by atoms with van der Waals surface area (Å²) in [6.07, 6.45) is 2.67. The van der Waals surface area contributed by atoms with Gasteiger partial charge in [-0.25, -0.2) is 0 Å². The summed E-state index contributed by atoms with van der Waals surface area (Å²) >= 11 is 3.67. The first-order valence-electron chi connectivity index (χ1n) is 5.73. The van der Waals surface area contributed by atoms with Crippen molar-refractivity contribution in [1.82, 2.24) is 0 Å². The van der Waals surface area contributed by atoms with E-state index in [-0.39, 0.29) is 0 Å². The van der Waals surface area contributed by atoms with Crippen molar-refractivity contribution < 1.29 is 0 Å². The monoisotopic (exact) mass is 267 g/mol. The lowest BCUT2D eigenvalue weighted by molar-refractivity contribution is 0.858. The summed E-state index contributed by atoms with van der Waals surface area (Å²) in [5, 5.41) is 0. The molecule has 0 atom stereocenters. The van der Waals surface area contributed by atoms with E-state index in [2.05, 4.69) is 52.9 Å². The molecule has 0 amide bonds. The molecule has 0 bridgehead atoms. The number of hydrogen-bond donors (Lipinski definition) is 0. The van der Waals surface area contributed by atoms with Gasteiger partial charge in [0.25, 0.3) is 0 Å². The topological polar surface area (TPSA) is 3.24 Å². The Balaban J connectivity index is 2.24. The second-order valence-corrected chi connectivity index (χ2v) is 5.41. The SMILES string of the molecule is CC(C)c1ccc(N2CCCC2)cc1Br. The molecule has 1 aliphatic heterocycles. The number of rotatable bonds is 2. The fourth-order valence-corrected chi connectivity index (χ4v) is 2.98. The first-order valence-corrected chi connectivity index (χ1v) is 6.52. The van der Waals surface area contributed by atoms with Gasteiger partial charge in [0.1, 0.15) is 0 Å². The minimum atomic E-state index is 0.590. The lowest BCUT2D eigenvalue weighted by atomic mass is 10.0. The number of hydrogen-bond acceptors (Lipinski definition) is 1. The van der Waals surface area contributed by atoms with Gasteiger partial charge in [-0.15, -0.1) is 0 Å². The van der Waals surface area contributed by atoms with Crippen molar-refractivity contribution in [3.05, 3.63) is 28.2 Å². The predicted molar refractivity (Wildman–Crippen MR) is 69.7 cm³/mol. The zero-order valence-electron chi connectivity index (χ0n) is 9.46. The Morgan fingerprint density at radius 1 is 1.20 bits per heavy atom. The highest BCUT2D eigenvalue weighted by Gasteiger charge is 2.13. The average Bonchev–Trinajstić information content (AvgIpc) is 2.69. The molecule has 1 heterocycles. The van der Waals surface area contributed by atoms with Crippen LogP contribution in [-0.4, -0.2) is 13.1 Å². The lowest BCUT2D eigenvalue weighted by Crippen LogP contribution is -2.17. The maximum absolute atomic E-state index is 3.67. The minimum absolute atomic E-state index is 0.590. The Morgan fingerprint density at radius 3 is 2.40 bits per heavy atom. The molecule has 1 fully saturated rings. The molecule has 1 aliphatic rings. The second-order valence-electron chi connectivity index (χ2n) is 4.55. The highest BCUT2D eigenvalue weighted by Crippen LogP contribution is 2.30. The Bertz CT molecular complexity index is 340. The molecule has 0 unspecified atom stereocenters. The molecule has 1 nitrogen and oxygen atoms in total. The van der Waals surface area contributed by atoms with E-state index in [1.165, 1.54) is 41.7 Å². The Hall–Kier alpha value is -0.500. The average molecular weight is 268 g/mol. The number of nitrogens with zero attached hydrogens (tertiary/aromatic N) is 1. The van der Waals surface area contributed by atoms with Crippen molar-refractivity contribution >= 4 is 21.6 Å². The molecular formula is C13H18BrN. The molecule has 0 aromatic heterocycles. The van der Waals surface area contributed by atoms with Gasteiger partial charge in [-0.3, -0.25) is 0 Å². The van der Waals surface area contributed by atoms with Gasteiger partial charge < -0.3 is 4.90 Å². The molecule has 82 valence electrons. The Kier molecular flexibility index (Phi) is 3.35. The van der Waals surface area contributed by atoms with Gasteiger partial charge in [-0.05, 0) is 36.5 Å². The molecule has 0 N–H and O–H groups in total. The third-order valence-electron chi connectivity index (χ3n) is 3.08. The van der Waals surface area contributed by atoms with Crippen molar-refractivity contribution in [1.29, 1.82) is 0 Å². The van der Waals surface area contributed by atoms with Gasteiger partial charge in [0.2, 0.25) is 0 Å². The van der Waals surface area contributed by atoms with Crippen molar-refractivity contribution in [2.24, 2.45) is 0 Å². The van der Waals surface area contributed by atoms with Gasteiger partial charge in [-0.2, -0.15) is 0 Å². The van der Waals surface area contributed by atoms with Crippen molar-refractivity contribution in [3.63, 3.8) is 0 Å². The largest absolute Gasteiger partial charge is 0.372 e. The van der Waals surface area contributed by atoms with E-state index in [1.54, 1.807) is 0 Å². The maximum Gasteiger partial charge on any atom is 0.0377 e. The summed E-state index contributed by atoms with van der Waals surface area (Å²) in [5.41, 5.74) is 2.77. The third kappa shape index (κ3) is 2.36. The molecule has 0 saturated carbocycles. The summed E-state index contributed by atoms with van der Waals surface area (Å²) in [5.74, 6) is 0.590. The van der Waals surface area contributed by atoms with Crippen LogP contribution in [0.3, 0.4) is 0 Å². The first kappa shape index (κ1) is 11.0. The van der Waals surface area contributed by atoms with Crippen LogP contribution in [-0.2, 0) is 0 Å². The molecule has 0 radical (unpaired) electrons. The first-order chi connectivity index (χ1) is 7.18. The van der Waals surface area contributed by atoms with E-state index in [1.807, 2.05) is 0 Å². The van der Waals surface area contributed by atoms with Gasteiger partial charge in [0.05, 0.1) is 0 Å². The summed E-state index contributed by atoms with van der Waals surface area (Å²) < 4.78 is 1.25. The van der Waals surface area contributed by atoms with Crippen LogP contribution >= 0.6 is 15.9 Å². The fourth-order valence-electron chi connectivity index (χ4n) is 2.16. The zero-order valence-corrected chi connectivity index (χ0v) is 11.0. The van der Waals surface area contributed by atoms with E-state index in [0.29, 0.717) is 5.92 Å². The van der Waals surface area contributed by atoms with E-state index in [4.69, 9.17) is 0 Å². The van der Waals surface area contributed by atoms with Gasteiger partial charge in [0, 0.05) is 23.2 Å². The number of anilines is 1. The molecule has 1 aromatic rings. The van der Waals surface area contributed by atoms with Crippen LogP contribution in [0.2, 0.25) is 0 Å². The summed E-state index contributed by atoms with van der Waals surface area (Å²) in [6, 6.07) is 6.77. The molecule has 0 aliphatic carbocycles. The van der Waals surface area contributed by atoms with Crippen LogP contribution in [0, 0.1) is 0 Å². The van der Waals surface area contributed by atoms with E-state index >= 15 is 0 Å². The van der Waals surface area contributed by atoms with E-state index < -0.39 is 0 Å². The van der Waals surface area contributed by atoms with Crippen LogP contribution in [0.4, 0.5) is 5.69 Å². The van der Waals surface area contributed by atoms with Crippen molar-refractivity contribution in [3.8, 4) is 0 Å². The van der Waals surface area contributed by atoms with Gasteiger partial charge in [0.15, 0.2) is 0 Å². The zero-order chi connectivity index (χ0) is 10.8. The van der Waals surface area contributed by atoms with E-state index in [0.717, 1.165) is 0 Å². The van der Waals surface area contributed by atoms with Crippen LogP contribution in [0.15, 0.2) is 22.7 Å². The predicted octanol–water partition coefficient (Wildman–Crippen LogP) is 4.17. The standard InChI is InChI=1S/C13H18BrN/c1-10(2)12-6-5-11(9-13(12)14)15-7-3-4-8-15/h5-6,9-10H,3-4,7-8H2,1-2H3. The number of benzene rings is 1. The molecule has 2 rings (SSSR count). The number of halogens is 1. The van der Waals surface area contributed by atoms with Gasteiger partial charge in [-0.1, -0.05) is 35.8 Å². The van der Waals surface area contributed by atoms with Crippen LogP contribution in [0.1, 0.15) is 38.2 Å². The Morgan fingerprint density at radius 2 is 1.87 bits per heavy atom. The fraction of sp³-hybridized carbons (Fsp3) is 0.538. The summed E-state index contributed by atoms with van der Waals surface area (Å²) in [7, 11) is 0. The highest BCUT2D eigenvalue weighted by atomic mass is 79.9. The van der Waals surface area contributed by atoms with Gasteiger partial charge >= 0.3 is 0 Å². The van der Waals surface area contributed by atoms with Crippen LogP contribution in [0.25, 0.3) is 0 Å². The third-order valence-corrected chi connectivity index (χ3v) is 3.76. The van der Waals surface area contributed by atoms with E-state index in [9.17, 15) is 0 Å². The summed E-state index contributed by atoms with van der Waals surface area (Å²) in [6.45, 7) is 6.90. The highest BCUT2D eigenvalue weighted by molar-refractivity contribution is 9.10. The van der Waals surface area contributed by atoms with Crippen LogP contribution in [0.5, 0.6) is 0 Å². The molecule has 1 aromatic carbocycles. The molecular weight excluding hydrogens is 250 g/mol. The van der Waals surface area contributed by atoms with Crippen molar-refractivity contribution in [2.75, 3.05) is 18.0 Å². The maximum atomic E-state index is 3.67. The Labute approximate surface area is 101 Å². The van der Waals surface area contributed by atoms with Crippen molar-refractivity contribution in [2.45, 2.75) is 32.6 Å². The normalized spacial score (nSPS) is 16.4. The van der Waals surface area contributed by atoms with Crippen LogP contribution < -0.4 is 4.90 Å². The molecule has 2 heteroatoms. The minimum Gasteiger partial charge on any atom is -0.372 e. The quantitative estimate of drug-likeness (QED) is 0.778. The molecule has 0 spiro atoms. The summed E-state index contributed by atoms with van der Waals surface area (Å²) in [4.78, 5) is 2.47. The molecule has 15 heavy (non-hydrogen) atoms. The lowest BCUT2D eigenvalue weighted by Gasteiger charge is -2.19. The molecule has 1 saturated heterocycles.